The van der Waals surface area contributed by atoms with Gasteiger partial charge in [-0.15, -0.1) is 0 Å². The molecule has 0 bridgehead atoms. The number of allylic oxidation sites excluding steroid dienone is 1. The summed E-state index contributed by atoms with van der Waals surface area (Å²) in [5.41, 5.74) is 0.560. The van der Waals surface area contributed by atoms with Crippen LogP contribution in [-0.2, 0) is 4.79 Å². The summed E-state index contributed by atoms with van der Waals surface area (Å²) in [6, 6.07) is 1.54. The number of aliphatic hydroxyl groups is 1. The smallest absolute Gasteiger partial charge is 0.155 e. The van der Waals surface area contributed by atoms with Crippen LogP contribution in [0.1, 0.15) is 5.69 Å². The molecule has 0 amide bonds. The lowest BCUT2D eigenvalue weighted by molar-refractivity contribution is -0.103. The van der Waals surface area contributed by atoms with E-state index in [2.05, 4.69) is 9.97 Å². The molecular formula is C7H6N2O2. The molecule has 4 nitrogen and oxygen atoms in total. The fourth-order valence-corrected chi connectivity index (χ4v) is 0.618. The number of rotatable bonds is 2. The van der Waals surface area contributed by atoms with Crippen LogP contribution in [0.4, 0.5) is 0 Å². The number of nitrogens with zero attached hydrogens (tertiary/aromatic N) is 2. The van der Waals surface area contributed by atoms with Gasteiger partial charge in [0.05, 0.1) is 17.5 Å². The Balaban J connectivity index is 3.01. The van der Waals surface area contributed by atoms with Crippen molar-refractivity contribution in [3.63, 3.8) is 0 Å². The number of aldehydes is 1. The van der Waals surface area contributed by atoms with Gasteiger partial charge in [0, 0.05) is 6.20 Å². The van der Waals surface area contributed by atoms with Gasteiger partial charge in [-0.05, 0) is 6.07 Å². The number of carbonyl (C=O) groups excluding carboxylic acids is 1. The molecule has 1 aromatic rings. The zero-order valence-corrected chi connectivity index (χ0v) is 5.64. The number of carbonyl (C=O) groups is 1. The Morgan fingerprint density at radius 1 is 1.64 bits per heavy atom. The second-order valence-corrected chi connectivity index (χ2v) is 1.80. The number of hydrogen-bond acceptors (Lipinski definition) is 4. The van der Waals surface area contributed by atoms with E-state index in [1.807, 2.05) is 0 Å². The fourth-order valence-electron chi connectivity index (χ4n) is 0.618. The first-order valence-corrected chi connectivity index (χ1v) is 2.94. The lowest BCUT2D eigenvalue weighted by Gasteiger charge is -1.93. The van der Waals surface area contributed by atoms with E-state index in [4.69, 9.17) is 5.11 Å². The number of aromatic nitrogens is 2. The zero-order chi connectivity index (χ0) is 8.10. The Hall–Kier alpha value is -1.71. The minimum absolute atomic E-state index is 0.146. The molecule has 56 valence electrons. The second kappa shape index (κ2) is 3.46. The van der Waals surface area contributed by atoms with E-state index in [0.29, 0.717) is 12.0 Å². The van der Waals surface area contributed by atoms with E-state index in [0.717, 1.165) is 6.26 Å². The van der Waals surface area contributed by atoms with Crippen LogP contribution in [0, 0.1) is 0 Å². The minimum atomic E-state index is 0.146. The molecule has 1 heterocycles. The van der Waals surface area contributed by atoms with Gasteiger partial charge < -0.3 is 5.11 Å². The van der Waals surface area contributed by atoms with Crippen molar-refractivity contribution in [1.29, 1.82) is 0 Å². The van der Waals surface area contributed by atoms with Gasteiger partial charge in [0.2, 0.25) is 0 Å². The van der Waals surface area contributed by atoms with Crippen LogP contribution in [-0.4, -0.2) is 21.4 Å². The van der Waals surface area contributed by atoms with Crippen LogP contribution >= 0.6 is 0 Å². The molecule has 0 aliphatic carbocycles. The minimum Gasteiger partial charge on any atom is -0.515 e. The summed E-state index contributed by atoms with van der Waals surface area (Å²) in [6.45, 7) is 0. The molecular weight excluding hydrogens is 144 g/mol. The molecule has 1 N–H and O–H groups in total. The van der Waals surface area contributed by atoms with Crippen molar-refractivity contribution in [2.45, 2.75) is 0 Å². The topological polar surface area (TPSA) is 63.1 Å². The molecule has 0 saturated carbocycles. The van der Waals surface area contributed by atoms with Crippen LogP contribution < -0.4 is 0 Å². The van der Waals surface area contributed by atoms with E-state index >= 15 is 0 Å². The standard InChI is InChI=1S/C7H6N2O2/c10-3-6(4-11)7-1-2-8-5-9-7/h1-5,10H/b6-3+. The molecule has 0 saturated heterocycles. The Morgan fingerprint density at radius 2 is 2.45 bits per heavy atom. The van der Waals surface area contributed by atoms with Crippen LogP contribution in [0.3, 0.4) is 0 Å². The van der Waals surface area contributed by atoms with Gasteiger partial charge in [0.15, 0.2) is 6.29 Å². The number of hydrogen-bond donors (Lipinski definition) is 1. The highest BCUT2D eigenvalue weighted by Gasteiger charge is 1.98. The molecule has 0 unspecified atom stereocenters. The SMILES string of the molecule is O=C/C(=C\O)c1ccncn1. The maximum absolute atomic E-state index is 10.2. The average Bonchev–Trinajstić information content (AvgIpc) is 2.09. The van der Waals surface area contributed by atoms with Gasteiger partial charge in [-0.2, -0.15) is 0 Å². The highest BCUT2D eigenvalue weighted by molar-refractivity contribution is 6.05. The van der Waals surface area contributed by atoms with Crippen molar-refractivity contribution < 1.29 is 9.90 Å². The summed E-state index contributed by atoms with van der Waals surface area (Å²) in [5.74, 6) is 0. The van der Waals surface area contributed by atoms with E-state index in [1.165, 1.54) is 18.6 Å². The maximum Gasteiger partial charge on any atom is 0.155 e. The first-order valence-electron chi connectivity index (χ1n) is 2.94. The van der Waals surface area contributed by atoms with Gasteiger partial charge in [0.25, 0.3) is 0 Å². The lowest BCUT2D eigenvalue weighted by atomic mass is 10.2. The molecule has 11 heavy (non-hydrogen) atoms. The molecule has 0 radical (unpaired) electrons. The zero-order valence-electron chi connectivity index (χ0n) is 5.64. The lowest BCUT2D eigenvalue weighted by Crippen LogP contribution is -1.90. The summed E-state index contributed by atoms with van der Waals surface area (Å²) in [7, 11) is 0. The van der Waals surface area contributed by atoms with Crippen LogP contribution in [0.15, 0.2) is 24.9 Å². The quantitative estimate of drug-likeness (QED) is 0.380. The van der Waals surface area contributed by atoms with Crippen molar-refractivity contribution in [3.8, 4) is 0 Å². The number of aliphatic hydroxyl groups excluding tert-OH is 1. The van der Waals surface area contributed by atoms with Crippen molar-refractivity contribution in [3.05, 3.63) is 30.5 Å². The summed E-state index contributed by atoms with van der Waals surface area (Å²) in [4.78, 5) is 17.7. The van der Waals surface area contributed by atoms with Gasteiger partial charge >= 0.3 is 0 Å². The molecule has 0 aromatic carbocycles. The highest BCUT2D eigenvalue weighted by Crippen LogP contribution is 2.04. The molecule has 1 aromatic heterocycles. The van der Waals surface area contributed by atoms with Crippen molar-refractivity contribution in [2.75, 3.05) is 0 Å². The molecule has 0 aliphatic rings. The average molecular weight is 150 g/mol. The molecule has 0 aliphatic heterocycles. The van der Waals surface area contributed by atoms with Gasteiger partial charge in [0.1, 0.15) is 6.33 Å². The highest BCUT2D eigenvalue weighted by atomic mass is 16.2. The normalized spacial score (nSPS) is 11.1. The van der Waals surface area contributed by atoms with Gasteiger partial charge in [-0.1, -0.05) is 0 Å². The molecule has 0 atom stereocenters. The van der Waals surface area contributed by atoms with E-state index in [1.54, 1.807) is 0 Å². The summed E-state index contributed by atoms with van der Waals surface area (Å²) in [6.07, 6.45) is 4.05. The van der Waals surface area contributed by atoms with Crippen LogP contribution in [0.2, 0.25) is 0 Å². The van der Waals surface area contributed by atoms with Gasteiger partial charge in [-0.25, -0.2) is 9.97 Å². The van der Waals surface area contributed by atoms with Crippen LogP contribution in [0.5, 0.6) is 0 Å². The fraction of sp³-hybridized carbons (Fsp3) is 0. The summed E-state index contributed by atoms with van der Waals surface area (Å²) >= 11 is 0. The molecule has 0 fully saturated rings. The Labute approximate surface area is 63.2 Å². The Morgan fingerprint density at radius 3 is 2.91 bits per heavy atom. The van der Waals surface area contributed by atoms with E-state index < -0.39 is 0 Å². The second-order valence-electron chi connectivity index (χ2n) is 1.80. The van der Waals surface area contributed by atoms with Crippen molar-refractivity contribution >= 4 is 11.9 Å². The maximum atomic E-state index is 10.2. The molecule has 1 rings (SSSR count). The molecule has 4 heteroatoms. The van der Waals surface area contributed by atoms with Gasteiger partial charge in [-0.3, -0.25) is 4.79 Å². The first kappa shape index (κ1) is 7.40. The predicted octanol–water partition coefficient (Wildman–Crippen LogP) is 0.574. The van der Waals surface area contributed by atoms with Crippen LogP contribution in [0.25, 0.3) is 5.57 Å². The third kappa shape index (κ3) is 1.61. The largest absolute Gasteiger partial charge is 0.515 e. The molecule has 0 spiro atoms. The van der Waals surface area contributed by atoms with Crippen molar-refractivity contribution in [2.24, 2.45) is 0 Å². The summed E-state index contributed by atoms with van der Waals surface area (Å²) in [5, 5.41) is 8.53. The Kier molecular flexibility index (Phi) is 2.32. The van der Waals surface area contributed by atoms with E-state index in [9.17, 15) is 4.79 Å². The monoisotopic (exact) mass is 150 g/mol. The van der Waals surface area contributed by atoms with E-state index in [-0.39, 0.29) is 5.57 Å². The Bertz CT molecular complexity index is 269. The predicted molar refractivity (Wildman–Crippen MR) is 38.7 cm³/mol. The third-order valence-corrected chi connectivity index (χ3v) is 1.14. The third-order valence-electron chi connectivity index (χ3n) is 1.14. The first-order chi connectivity index (χ1) is 5.38. The van der Waals surface area contributed by atoms with Crippen molar-refractivity contribution in [1.82, 2.24) is 9.97 Å². The summed E-state index contributed by atoms with van der Waals surface area (Å²) < 4.78 is 0.